The van der Waals surface area contributed by atoms with Crippen LogP contribution in [0.5, 0.6) is 0 Å². The first kappa shape index (κ1) is 15.8. The van der Waals surface area contributed by atoms with E-state index >= 15 is 0 Å². The van der Waals surface area contributed by atoms with Gasteiger partial charge in [-0.15, -0.1) is 0 Å². The van der Waals surface area contributed by atoms with E-state index in [0.717, 1.165) is 30.6 Å². The first-order valence-corrected chi connectivity index (χ1v) is 7.74. The van der Waals surface area contributed by atoms with Crippen LogP contribution < -0.4 is 5.32 Å². The quantitative estimate of drug-likeness (QED) is 0.600. The summed E-state index contributed by atoms with van der Waals surface area (Å²) in [6, 6.07) is 5.14. The van der Waals surface area contributed by atoms with Crippen molar-refractivity contribution < 1.29 is 4.92 Å². The molecule has 0 heterocycles. The average Bonchev–Trinajstić information content (AvgIpc) is 2.40. The molecule has 0 saturated carbocycles. The molecule has 0 aliphatic rings. The molecule has 106 valence electrons. The molecule has 0 saturated heterocycles. The summed E-state index contributed by atoms with van der Waals surface area (Å²) in [6.07, 6.45) is 4.27. The minimum atomic E-state index is -0.348. The van der Waals surface area contributed by atoms with Gasteiger partial charge >= 0.3 is 0 Å². The Morgan fingerprint density at radius 1 is 1.32 bits per heavy atom. The van der Waals surface area contributed by atoms with E-state index in [4.69, 9.17) is 0 Å². The second kappa shape index (κ2) is 6.80. The number of thioether (sulfide) groups is 1. The van der Waals surface area contributed by atoms with Gasteiger partial charge in [-0.05, 0) is 37.7 Å². The predicted molar refractivity (Wildman–Crippen MR) is 83.2 cm³/mol. The van der Waals surface area contributed by atoms with Crippen LogP contribution in [-0.2, 0) is 0 Å². The molecule has 1 rings (SSSR count). The summed E-state index contributed by atoms with van der Waals surface area (Å²) in [7, 11) is 0. The zero-order valence-electron chi connectivity index (χ0n) is 12.0. The maximum absolute atomic E-state index is 10.8. The van der Waals surface area contributed by atoms with Crippen LogP contribution >= 0.6 is 11.8 Å². The molecule has 0 atom stereocenters. The Morgan fingerprint density at radius 2 is 1.95 bits per heavy atom. The highest BCUT2D eigenvalue weighted by Gasteiger charge is 2.24. The minimum Gasteiger partial charge on any atom is -0.383 e. The number of nitro benzene ring substituents is 1. The van der Waals surface area contributed by atoms with E-state index in [1.165, 1.54) is 0 Å². The van der Waals surface area contributed by atoms with Crippen molar-refractivity contribution in [3.63, 3.8) is 0 Å². The summed E-state index contributed by atoms with van der Waals surface area (Å²) in [5.74, 6) is 0. The van der Waals surface area contributed by atoms with Crippen LogP contribution in [0.25, 0.3) is 0 Å². The zero-order valence-corrected chi connectivity index (χ0v) is 12.8. The van der Waals surface area contributed by atoms with Gasteiger partial charge in [-0.2, -0.15) is 11.8 Å². The van der Waals surface area contributed by atoms with Gasteiger partial charge in [-0.25, -0.2) is 0 Å². The minimum absolute atomic E-state index is 0.144. The van der Waals surface area contributed by atoms with E-state index in [2.05, 4.69) is 25.4 Å². The van der Waals surface area contributed by atoms with Crippen LogP contribution in [0.2, 0.25) is 0 Å². The first-order chi connectivity index (χ1) is 8.96. The highest BCUT2D eigenvalue weighted by Crippen LogP contribution is 2.31. The van der Waals surface area contributed by atoms with E-state index in [9.17, 15) is 10.1 Å². The molecule has 0 aliphatic heterocycles. The van der Waals surface area contributed by atoms with E-state index in [1.54, 1.807) is 12.1 Å². The van der Waals surface area contributed by atoms with Crippen molar-refractivity contribution in [2.75, 3.05) is 18.1 Å². The fourth-order valence-electron chi connectivity index (χ4n) is 2.09. The number of hydrogen-bond acceptors (Lipinski definition) is 4. The molecule has 0 aromatic heterocycles. The van der Waals surface area contributed by atoms with Gasteiger partial charge in [-0.1, -0.05) is 13.8 Å². The third-order valence-corrected chi connectivity index (χ3v) is 5.20. The van der Waals surface area contributed by atoms with Crippen LogP contribution in [0, 0.1) is 17.0 Å². The van der Waals surface area contributed by atoms with Gasteiger partial charge in [0.1, 0.15) is 0 Å². The van der Waals surface area contributed by atoms with Crippen molar-refractivity contribution in [2.45, 2.75) is 38.4 Å². The van der Waals surface area contributed by atoms with Gasteiger partial charge in [0.2, 0.25) is 0 Å². The summed E-state index contributed by atoms with van der Waals surface area (Å²) in [5, 5.41) is 14.2. The summed E-state index contributed by atoms with van der Waals surface area (Å²) < 4.78 is 0.193. The van der Waals surface area contributed by atoms with E-state index in [0.29, 0.717) is 0 Å². The van der Waals surface area contributed by atoms with Gasteiger partial charge in [0.15, 0.2) is 0 Å². The molecule has 1 aromatic carbocycles. The summed E-state index contributed by atoms with van der Waals surface area (Å²) in [6.45, 7) is 7.06. The van der Waals surface area contributed by atoms with Crippen molar-refractivity contribution in [2.24, 2.45) is 0 Å². The maximum Gasteiger partial charge on any atom is 0.271 e. The second-order valence-corrected chi connectivity index (χ2v) is 6.04. The normalized spacial score (nSPS) is 11.4. The van der Waals surface area contributed by atoms with Crippen LogP contribution in [0.15, 0.2) is 18.2 Å². The smallest absolute Gasteiger partial charge is 0.271 e. The van der Waals surface area contributed by atoms with Crippen molar-refractivity contribution in [1.82, 2.24) is 0 Å². The lowest BCUT2D eigenvalue weighted by Gasteiger charge is -2.30. The van der Waals surface area contributed by atoms with Crippen molar-refractivity contribution in [3.8, 4) is 0 Å². The molecule has 5 heteroatoms. The topological polar surface area (TPSA) is 55.2 Å². The molecule has 0 fully saturated rings. The standard InChI is InChI=1S/C14H22N2O2S/c1-5-14(6-2,19-4)10-15-12-7-11(3)8-13(9-12)16(17)18/h7-9,15H,5-6,10H2,1-4H3. The number of nitrogens with zero attached hydrogens (tertiary/aromatic N) is 1. The Balaban J connectivity index is 2.85. The predicted octanol–water partition coefficient (Wildman–Crippen LogP) is 4.24. The largest absolute Gasteiger partial charge is 0.383 e. The highest BCUT2D eigenvalue weighted by atomic mass is 32.2. The van der Waals surface area contributed by atoms with Crippen LogP contribution in [0.4, 0.5) is 11.4 Å². The van der Waals surface area contributed by atoms with Gasteiger partial charge in [-0.3, -0.25) is 10.1 Å². The number of aryl methyl sites for hydroxylation is 1. The molecular weight excluding hydrogens is 260 g/mol. The molecule has 0 bridgehead atoms. The first-order valence-electron chi connectivity index (χ1n) is 6.51. The molecule has 0 spiro atoms. The third-order valence-electron chi connectivity index (χ3n) is 3.61. The number of anilines is 1. The monoisotopic (exact) mass is 282 g/mol. The number of nitrogens with one attached hydrogen (secondary N) is 1. The Labute approximate surface area is 119 Å². The maximum atomic E-state index is 10.8. The van der Waals surface area contributed by atoms with Gasteiger partial charge < -0.3 is 5.32 Å². The average molecular weight is 282 g/mol. The molecule has 0 aliphatic carbocycles. The Bertz CT molecular complexity index is 437. The SMILES string of the molecule is CCC(CC)(CNc1cc(C)cc([N+](=O)[O-])c1)SC. The van der Waals surface area contributed by atoms with Crippen LogP contribution in [-0.4, -0.2) is 22.5 Å². The lowest BCUT2D eigenvalue weighted by molar-refractivity contribution is -0.384. The van der Waals surface area contributed by atoms with Gasteiger partial charge in [0.25, 0.3) is 5.69 Å². The molecule has 1 aromatic rings. The fourth-order valence-corrected chi connectivity index (χ4v) is 2.89. The summed E-state index contributed by atoms with van der Waals surface area (Å²) in [5.41, 5.74) is 1.87. The number of hydrogen-bond donors (Lipinski definition) is 1. The summed E-state index contributed by atoms with van der Waals surface area (Å²) >= 11 is 1.85. The molecular formula is C14H22N2O2S. The Kier molecular flexibility index (Phi) is 5.66. The van der Waals surface area contributed by atoms with E-state index < -0.39 is 0 Å². The third kappa shape index (κ3) is 4.13. The Hall–Kier alpha value is -1.23. The molecule has 4 nitrogen and oxygen atoms in total. The van der Waals surface area contributed by atoms with Crippen LogP contribution in [0.1, 0.15) is 32.3 Å². The zero-order chi connectivity index (χ0) is 14.5. The molecule has 0 radical (unpaired) electrons. The number of non-ortho nitro benzene ring substituents is 1. The molecule has 1 N–H and O–H groups in total. The fraction of sp³-hybridized carbons (Fsp3) is 0.571. The lowest BCUT2D eigenvalue weighted by Crippen LogP contribution is -2.32. The van der Waals surface area contributed by atoms with Gasteiger partial charge in [0, 0.05) is 29.1 Å². The number of nitro groups is 1. The van der Waals surface area contributed by atoms with Crippen molar-refractivity contribution in [1.29, 1.82) is 0 Å². The number of rotatable bonds is 7. The van der Waals surface area contributed by atoms with Crippen LogP contribution in [0.3, 0.4) is 0 Å². The van der Waals surface area contributed by atoms with E-state index in [-0.39, 0.29) is 15.4 Å². The van der Waals surface area contributed by atoms with E-state index in [1.807, 2.05) is 24.8 Å². The molecule has 0 unspecified atom stereocenters. The van der Waals surface area contributed by atoms with Crippen molar-refractivity contribution >= 4 is 23.1 Å². The van der Waals surface area contributed by atoms with Crippen molar-refractivity contribution in [3.05, 3.63) is 33.9 Å². The Morgan fingerprint density at radius 3 is 2.42 bits per heavy atom. The van der Waals surface area contributed by atoms with Gasteiger partial charge in [0.05, 0.1) is 4.92 Å². The second-order valence-electron chi connectivity index (χ2n) is 4.76. The summed E-state index contributed by atoms with van der Waals surface area (Å²) in [4.78, 5) is 10.5. The number of benzene rings is 1. The molecule has 19 heavy (non-hydrogen) atoms. The molecule has 0 amide bonds. The highest BCUT2D eigenvalue weighted by molar-refractivity contribution is 8.00. The lowest BCUT2D eigenvalue weighted by atomic mass is 10.0.